The van der Waals surface area contributed by atoms with Gasteiger partial charge in [0.05, 0.1) is 31.0 Å². The molecule has 0 aromatic heterocycles. The zero-order valence-corrected chi connectivity index (χ0v) is 22.4. The van der Waals surface area contributed by atoms with E-state index in [9.17, 15) is 14.7 Å². The molecule has 0 radical (unpaired) electrons. The summed E-state index contributed by atoms with van der Waals surface area (Å²) in [6.07, 6.45) is 10.9. The summed E-state index contributed by atoms with van der Waals surface area (Å²) in [6, 6.07) is -0.0872. The highest BCUT2D eigenvalue weighted by Crippen LogP contribution is 2.43. The highest BCUT2D eigenvalue weighted by Gasteiger charge is 2.57. The molecule has 3 rings (SSSR count). The molecule has 8 nitrogen and oxygen atoms in total. The zero-order chi connectivity index (χ0) is 26.5. The number of hydrogen-bond donors (Lipinski definition) is 2. The van der Waals surface area contributed by atoms with Gasteiger partial charge in [0, 0.05) is 19.4 Å². The van der Waals surface area contributed by atoms with E-state index in [2.05, 4.69) is 25.2 Å². The first-order valence-corrected chi connectivity index (χ1v) is 13.2. The molecule has 1 unspecified atom stereocenters. The number of aliphatic hydroxyl groups excluding tert-OH is 1. The normalized spacial score (nSPS) is 37.9. The molecule has 3 fully saturated rings. The summed E-state index contributed by atoms with van der Waals surface area (Å²) in [6.45, 7) is 11.9. The minimum absolute atomic E-state index is 0.0557. The van der Waals surface area contributed by atoms with E-state index < -0.39 is 17.8 Å². The standard InChI is InChI=1S/C28H43NO7/c1-7-22-15-28(16-33-28)27(32)25(36-22)12-9-17(2)8-11-24-18(3)14-23(20(5)35-24)29-26(31)13-10-19(4)34-21(6)30/h8-10,12-13,18-20,22-25,27,32H,7,11,14-16H2,1-6H3,(H,29,31)/b12-9+,13-10-,17-8+/t18-,19-,20+,22-,23+,24-,25?,27+,28+/m0/s1. The van der Waals surface area contributed by atoms with E-state index in [-0.39, 0.29) is 48.3 Å². The summed E-state index contributed by atoms with van der Waals surface area (Å²) >= 11 is 0. The molecular weight excluding hydrogens is 462 g/mol. The fourth-order valence-corrected chi connectivity index (χ4v) is 5.01. The van der Waals surface area contributed by atoms with Crippen molar-refractivity contribution in [1.29, 1.82) is 0 Å². The van der Waals surface area contributed by atoms with Crippen molar-refractivity contribution in [1.82, 2.24) is 5.32 Å². The van der Waals surface area contributed by atoms with Gasteiger partial charge in [-0.3, -0.25) is 9.59 Å². The van der Waals surface area contributed by atoms with Gasteiger partial charge in [-0.05, 0) is 52.0 Å². The average molecular weight is 506 g/mol. The number of rotatable bonds is 9. The van der Waals surface area contributed by atoms with Gasteiger partial charge in [-0.25, -0.2) is 0 Å². The Morgan fingerprint density at radius 1 is 1.22 bits per heavy atom. The van der Waals surface area contributed by atoms with Crippen LogP contribution in [0.3, 0.4) is 0 Å². The first-order chi connectivity index (χ1) is 17.0. The minimum Gasteiger partial charge on any atom is -0.459 e. The topological polar surface area (TPSA) is 107 Å². The van der Waals surface area contributed by atoms with Gasteiger partial charge in [0.2, 0.25) is 5.91 Å². The molecule has 9 atom stereocenters. The molecule has 8 heteroatoms. The summed E-state index contributed by atoms with van der Waals surface area (Å²) in [4.78, 5) is 23.3. The van der Waals surface area contributed by atoms with E-state index in [4.69, 9.17) is 18.9 Å². The molecule has 0 aliphatic carbocycles. The molecule has 0 saturated carbocycles. The van der Waals surface area contributed by atoms with Crippen LogP contribution in [0.25, 0.3) is 0 Å². The van der Waals surface area contributed by atoms with E-state index in [1.165, 1.54) is 13.0 Å². The third-order valence-corrected chi connectivity index (χ3v) is 7.38. The molecule has 3 aliphatic rings. The third-order valence-electron chi connectivity index (χ3n) is 7.38. The van der Waals surface area contributed by atoms with Gasteiger partial charge in [0.15, 0.2) is 0 Å². The van der Waals surface area contributed by atoms with Crippen LogP contribution in [0.4, 0.5) is 0 Å². The number of allylic oxidation sites excluding steroid dienone is 2. The van der Waals surface area contributed by atoms with Gasteiger partial charge in [-0.15, -0.1) is 0 Å². The molecule has 0 bridgehead atoms. The van der Waals surface area contributed by atoms with Crippen molar-refractivity contribution in [2.75, 3.05) is 6.61 Å². The highest BCUT2D eigenvalue weighted by atomic mass is 16.6. The van der Waals surface area contributed by atoms with Gasteiger partial charge in [0.1, 0.15) is 23.9 Å². The number of aliphatic hydroxyl groups is 1. The SMILES string of the molecule is CC[C@H]1C[C@@]2(CO2)[C@H](O)C(/C=C/C(C)=C/C[C@@H]2O[C@H](C)[C@H](NC(=O)/C=C\[C@H](C)OC(C)=O)C[C@@H]2C)O1. The fourth-order valence-electron chi connectivity index (χ4n) is 5.01. The smallest absolute Gasteiger partial charge is 0.303 e. The summed E-state index contributed by atoms with van der Waals surface area (Å²) in [5, 5.41) is 13.7. The lowest BCUT2D eigenvalue weighted by atomic mass is 9.87. The molecule has 1 spiro atoms. The van der Waals surface area contributed by atoms with Crippen molar-refractivity contribution < 1.29 is 33.6 Å². The second kappa shape index (κ2) is 12.5. The summed E-state index contributed by atoms with van der Waals surface area (Å²) < 4.78 is 22.9. The molecule has 36 heavy (non-hydrogen) atoms. The number of carbonyl (C=O) groups excluding carboxylic acids is 2. The monoisotopic (exact) mass is 505 g/mol. The van der Waals surface area contributed by atoms with E-state index in [1.807, 2.05) is 26.0 Å². The number of carbonyl (C=O) groups is 2. The van der Waals surface area contributed by atoms with E-state index in [1.54, 1.807) is 13.0 Å². The van der Waals surface area contributed by atoms with Gasteiger partial charge in [0.25, 0.3) is 0 Å². The number of amides is 1. The molecule has 3 aliphatic heterocycles. The summed E-state index contributed by atoms with van der Waals surface area (Å²) in [5.74, 6) is -0.339. The van der Waals surface area contributed by atoms with Gasteiger partial charge in [-0.2, -0.15) is 0 Å². The Morgan fingerprint density at radius 2 is 1.94 bits per heavy atom. The molecule has 202 valence electrons. The largest absolute Gasteiger partial charge is 0.459 e. The third kappa shape index (κ3) is 7.75. The van der Waals surface area contributed by atoms with Crippen LogP contribution in [0.2, 0.25) is 0 Å². The minimum atomic E-state index is -0.640. The number of ether oxygens (including phenoxy) is 4. The van der Waals surface area contributed by atoms with Crippen LogP contribution in [0.5, 0.6) is 0 Å². The van der Waals surface area contributed by atoms with Crippen molar-refractivity contribution in [3.63, 3.8) is 0 Å². The Hall–Kier alpha value is -2.00. The second-order valence-electron chi connectivity index (χ2n) is 10.6. The molecule has 2 N–H and O–H groups in total. The van der Waals surface area contributed by atoms with Crippen molar-refractivity contribution in [2.45, 2.75) is 115 Å². The van der Waals surface area contributed by atoms with Crippen LogP contribution < -0.4 is 5.32 Å². The van der Waals surface area contributed by atoms with Crippen molar-refractivity contribution in [3.8, 4) is 0 Å². The molecule has 3 heterocycles. The lowest BCUT2D eigenvalue weighted by Gasteiger charge is -2.39. The highest BCUT2D eigenvalue weighted by molar-refractivity contribution is 5.87. The summed E-state index contributed by atoms with van der Waals surface area (Å²) in [5.41, 5.74) is 0.663. The van der Waals surface area contributed by atoms with Gasteiger partial charge in [-0.1, -0.05) is 37.6 Å². The Balaban J connectivity index is 1.48. The predicted octanol–water partition coefficient (Wildman–Crippen LogP) is 3.38. The molecular formula is C28H43NO7. The van der Waals surface area contributed by atoms with Crippen LogP contribution in [-0.2, 0) is 28.5 Å². The van der Waals surface area contributed by atoms with Crippen LogP contribution in [-0.4, -0.2) is 71.9 Å². The first kappa shape index (κ1) is 28.6. The van der Waals surface area contributed by atoms with Crippen LogP contribution in [0.1, 0.15) is 67.2 Å². The zero-order valence-electron chi connectivity index (χ0n) is 22.4. The fraction of sp³-hybridized carbons (Fsp3) is 0.714. The lowest BCUT2D eigenvalue weighted by molar-refractivity contribution is -0.143. The maximum atomic E-state index is 12.3. The maximum absolute atomic E-state index is 12.3. The first-order valence-electron chi connectivity index (χ1n) is 13.2. The molecule has 1 amide bonds. The van der Waals surface area contributed by atoms with E-state index in [0.29, 0.717) is 6.61 Å². The Kier molecular flexibility index (Phi) is 9.92. The van der Waals surface area contributed by atoms with E-state index in [0.717, 1.165) is 31.3 Å². The van der Waals surface area contributed by atoms with Gasteiger partial charge >= 0.3 is 5.97 Å². The number of nitrogens with one attached hydrogen (secondary N) is 1. The quantitative estimate of drug-likeness (QED) is 0.214. The number of esters is 1. The van der Waals surface area contributed by atoms with Crippen molar-refractivity contribution in [2.24, 2.45) is 5.92 Å². The predicted molar refractivity (Wildman–Crippen MR) is 136 cm³/mol. The molecule has 3 saturated heterocycles. The van der Waals surface area contributed by atoms with Crippen LogP contribution in [0.15, 0.2) is 36.0 Å². The summed E-state index contributed by atoms with van der Waals surface area (Å²) in [7, 11) is 0. The second-order valence-corrected chi connectivity index (χ2v) is 10.6. The Morgan fingerprint density at radius 3 is 2.58 bits per heavy atom. The Labute approximate surface area is 215 Å². The number of hydrogen-bond acceptors (Lipinski definition) is 7. The van der Waals surface area contributed by atoms with Crippen LogP contribution >= 0.6 is 0 Å². The van der Waals surface area contributed by atoms with E-state index >= 15 is 0 Å². The maximum Gasteiger partial charge on any atom is 0.303 e. The van der Waals surface area contributed by atoms with Gasteiger partial charge < -0.3 is 29.4 Å². The average Bonchev–Trinajstić information content (AvgIpc) is 3.59. The lowest BCUT2D eigenvalue weighted by Crippen LogP contribution is -2.50. The number of epoxide rings is 1. The molecule has 0 aromatic rings. The van der Waals surface area contributed by atoms with Crippen molar-refractivity contribution in [3.05, 3.63) is 36.0 Å². The Bertz CT molecular complexity index is 862. The van der Waals surface area contributed by atoms with Crippen LogP contribution in [0, 0.1) is 5.92 Å². The molecule has 0 aromatic carbocycles. The van der Waals surface area contributed by atoms with Crippen molar-refractivity contribution >= 4 is 11.9 Å².